The molecule has 0 aliphatic carbocycles. The number of nitrogens with two attached hydrogens (primary N) is 1. The second-order valence-electron chi connectivity index (χ2n) is 1.89. The van der Waals surface area contributed by atoms with E-state index in [4.69, 9.17) is 5.73 Å². The van der Waals surface area contributed by atoms with Crippen LogP contribution in [0.25, 0.3) is 0 Å². The SMILES string of the molecule is CCSCC(=O)C(C)N. The van der Waals surface area contributed by atoms with Crippen molar-refractivity contribution < 1.29 is 4.79 Å². The van der Waals surface area contributed by atoms with Crippen LogP contribution in [0.1, 0.15) is 13.8 Å². The first kappa shape index (κ1) is 8.98. The molecule has 0 spiro atoms. The highest BCUT2D eigenvalue weighted by Crippen LogP contribution is 1.98. The van der Waals surface area contributed by atoms with Crippen LogP contribution in [0, 0.1) is 0 Å². The van der Waals surface area contributed by atoms with E-state index in [0.29, 0.717) is 5.75 Å². The van der Waals surface area contributed by atoms with Crippen molar-refractivity contribution in [3.63, 3.8) is 0 Å². The topological polar surface area (TPSA) is 43.1 Å². The van der Waals surface area contributed by atoms with E-state index in [9.17, 15) is 4.79 Å². The third kappa shape index (κ3) is 4.48. The second-order valence-corrected chi connectivity index (χ2v) is 3.17. The standard InChI is InChI=1S/C6H13NOS/c1-3-9-4-6(8)5(2)7/h5H,3-4,7H2,1-2H3. The molecule has 1 unspecified atom stereocenters. The molecular weight excluding hydrogens is 134 g/mol. The number of carbonyl (C=O) groups is 1. The van der Waals surface area contributed by atoms with Crippen molar-refractivity contribution >= 4 is 17.5 Å². The van der Waals surface area contributed by atoms with Crippen LogP contribution in [-0.2, 0) is 4.79 Å². The molecule has 0 aromatic heterocycles. The fraction of sp³-hybridized carbons (Fsp3) is 0.833. The predicted octanol–water partition coefficient (Wildman–Crippen LogP) is 0.656. The molecular formula is C6H13NOS. The minimum Gasteiger partial charge on any atom is -0.322 e. The highest BCUT2D eigenvalue weighted by atomic mass is 32.2. The van der Waals surface area contributed by atoms with E-state index in [2.05, 4.69) is 0 Å². The van der Waals surface area contributed by atoms with Gasteiger partial charge in [0.05, 0.1) is 11.8 Å². The summed E-state index contributed by atoms with van der Waals surface area (Å²) in [5.74, 6) is 1.69. The van der Waals surface area contributed by atoms with Crippen LogP contribution in [-0.4, -0.2) is 23.3 Å². The van der Waals surface area contributed by atoms with E-state index in [1.807, 2.05) is 6.92 Å². The Morgan fingerprint density at radius 2 is 2.33 bits per heavy atom. The number of ketones is 1. The smallest absolute Gasteiger partial charge is 0.159 e. The molecule has 2 nitrogen and oxygen atoms in total. The van der Waals surface area contributed by atoms with E-state index >= 15 is 0 Å². The average molecular weight is 147 g/mol. The molecule has 1 atom stereocenters. The molecule has 0 aliphatic heterocycles. The maximum atomic E-state index is 10.8. The van der Waals surface area contributed by atoms with Crippen LogP contribution in [0.5, 0.6) is 0 Å². The molecule has 0 saturated carbocycles. The summed E-state index contributed by atoms with van der Waals surface area (Å²) in [4.78, 5) is 10.8. The summed E-state index contributed by atoms with van der Waals surface area (Å²) >= 11 is 1.61. The Kier molecular flexibility index (Phi) is 4.81. The van der Waals surface area contributed by atoms with Gasteiger partial charge in [-0.1, -0.05) is 6.92 Å². The fourth-order valence-corrected chi connectivity index (χ4v) is 1.00. The minimum absolute atomic E-state index is 0.141. The first-order valence-corrected chi connectivity index (χ1v) is 4.20. The van der Waals surface area contributed by atoms with E-state index in [1.165, 1.54) is 0 Å². The zero-order chi connectivity index (χ0) is 7.28. The Bertz CT molecular complexity index is 93.1. The molecule has 0 saturated heterocycles. The van der Waals surface area contributed by atoms with Crippen LogP contribution < -0.4 is 5.73 Å². The van der Waals surface area contributed by atoms with Gasteiger partial charge >= 0.3 is 0 Å². The van der Waals surface area contributed by atoms with Gasteiger partial charge in [0.1, 0.15) is 0 Å². The first-order valence-electron chi connectivity index (χ1n) is 3.04. The predicted molar refractivity (Wildman–Crippen MR) is 41.7 cm³/mol. The highest BCUT2D eigenvalue weighted by Gasteiger charge is 2.05. The monoisotopic (exact) mass is 147 g/mol. The Morgan fingerprint density at radius 3 is 2.67 bits per heavy atom. The first-order chi connectivity index (χ1) is 4.18. The summed E-state index contributed by atoms with van der Waals surface area (Å²) in [6.07, 6.45) is 0. The Hall–Kier alpha value is -0.0200. The molecule has 0 heterocycles. The quantitative estimate of drug-likeness (QED) is 0.635. The van der Waals surface area contributed by atoms with Crippen LogP contribution >= 0.6 is 11.8 Å². The number of Topliss-reactive ketones (excluding diaryl/α,β-unsaturated/α-hetero) is 1. The van der Waals surface area contributed by atoms with Gasteiger partial charge in [0, 0.05) is 0 Å². The van der Waals surface area contributed by atoms with Crippen LogP contribution in [0.2, 0.25) is 0 Å². The molecule has 9 heavy (non-hydrogen) atoms. The van der Waals surface area contributed by atoms with E-state index < -0.39 is 0 Å². The molecule has 0 rings (SSSR count). The Labute approximate surface area is 60.2 Å². The lowest BCUT2D eigenvalue weighted by Crippen LogP contribution is -2.28. The summed E-state index contributed by atoms with van der Waals surface area (Å²) in [6.45, 7) is 3.75. The van der Waals surface area contributed by atoms with Crippen LogP contribution in [0.3, 0.4) is 0 Å². The summed E-state index contributed by atoms with van der Waals surface area (Å²) in [7, 11) is 0. The molecule has 2 N–H and O–H groups in total. The number of carbonyl (C=O) groups excluding carboxylic acids is 1. The fourth-order valence-electron chi connectivity index (χ4n) is 0.334. The van der Waals surface area contributed by atoms with Crippen molar-refractivity contribution in [2.75, 3.05) is 11.5 Å². The van der Waals surface area contributed by atoms with E-state index in [1.54, 1.807) is 18.7 Å². The van der Waals surface area contributed by atoms with E-state index in [-0.39, 0.29) is 11.8 Å². The lowest BCUT2D eigenvalue weighted by molar-refractivity contribution is -0.117. The third-order valence-corrected chi connectivity index (χ3v) is 1.85. The van der Waals surface area contributed by atoms with E-state index in [0.717, 1.165) is 5.75 Å². The van der Waals surface area contributed by atoms with Gasteiger partial charge in [0.15, 0.2) is 5.78 Å². The van der Waals surface area contributed by atoms with Gasteiger partial charge in [-0.2, -0.15) is 11.8 Å². The van der Waals surface area contributed by atoms with Crippen molar-refractivity contribution in [2.45, 2.75) is 19.9 Å². The van der Waals surface area contributed by atoms with Crippen LogP contribution in [0.4, 0.5) is 0 Å². The second kappa shape index (κ2) is 4.82. The lowest BCUT2D eigenvalue weighted by atomic mass is 10.3. The van der Waals surface area contributed by atoms with Crippen molar-refractivity contribution in [2.24, 2.45) is 5.73 Å². The molecule has 3 heteroatoms. The number of hydrogen-bond acceptors (Lipinski definition) is 3. The van der Waals surface area contributed by atoms with Gasteiger partial charge in [-0.3, -0.25) is 4.79 Å². The largest absolute Gasteiger partial charge is 0.322 e. The molecule has 0 aromatic carbocycles. The van der Waals surface area contributed by atoms with Gasteiger partial charge in [-0.05, 0) is 12.7 Å². The van der Waals surface area contributed by atoms with Crippen LogP contribution in [0.15, 0.2) is 0 Å². The summed E-state index contributed by atoms with van der Waals surface area (Å²) in [5.41, 5.74) is 5.31. The molecule has 0 fully saturated rings. The molecule has 0 amide bonds. The van der Waals surface area contributed by atoms with Gasteiger partial charge in [0.2, 0.25) is 0 Å². The maximum absolute atomic E-state index is 10.8. The van der Waals surface area contributed by atoms with Crippen molar-refractivity contribution in [3.05, 3.63) is 0 Å². The van der Waals surface area contributed by atoms with Gasteiger partial charge < -0.3 is 5.73 Å². The van der Waals surface area contributed by atoms with Crippen molar-refractivity contribution in [1.82, 2.24) is 0 Å². The normalized spacial score (nSPS) is 13.2. The third-order valence-electron chi connectivity index (χ3n) is 0.956. The number of rotatable bonds is 4. The summed E-state index contributed by atoms with van der Waals surface area (Å²) in [5, 5.41) is 0. The molecule has 0 aliphatic rings. The number of hydrogen-bond donors (Lipinski definition) is 1. The summed E-state index contributed by atoms with van der Waals surface area (Å²) < 4.78 is 0. The zero-order valence-electron chi connectivity index (χ0n) is 5.89. The summed E-state index contributed by atoms with van der Waals surface area (Å²) in [6, 6.07) is -0.288. The minimum atomic E-state index is -0.288. The maximum Gasteiger partial charge on any atom is 0.159 e. The van der Waals surface area contributed by atoms with Gasteiger partial charge in [0.25, 0.3) is 0 Å². The molecule has 0 radical (unpaired) electrons. The molecule has 0 bridgehead atoms. The lowest BCUT2D eigenvalue weighted by Gasteiger charge is -2.00. The number of thioether (sulfide) groups is 1. The zero-order valence-corrected chi connectivity index (χ0v) is 6.70. The van der Waals surface area contributed by atoms with Crippen molar-refractivity contribution in [3.8, 4) is 0 Å². The highest BCUT2D eigenvalue weighted by molar-refractivity contribution is 7.99. The Morgan fingerprint density at radius 1 is 1.78 bits per heavy atom. The van der Waals surface area contributed by atoms with Crippen molar-refractivity contribution in [1.29, 1.82) is 0 Å². The average Bonchev–Trinajstić information content (AvgIpc) is 1.82. The van der Waals surface area contributed by atoms with Gasteiger partial charge in [-0.15, -0.1) is 0 Å². The molecule has 54 valence electrons. The van der Waals surface area contributed by atoms with Gasteiger partial charge in [-0.25, -0.2) is 0 Å². The molecule has 0 aromatic rings. The Balaban J connectivity index is 3.28.